The van der Waals surface area contributed by atoms with Crippen molar-refractivity contribution < 1.29 is 46.6 Å². The molecule has 7 rings (SSSR count). The molecule has 0 spiro atoms. The number of nitrogen functional groups attached to an aromatic ring is 1. The van der Waals surface area contributed by atoms with Crippen molar-refractivity contribution in [3.05, 3.63) is 41.2 Å². The van der Waals surface area contributed by atoms with E-state index < -0.39 is 44.1 Å². The number of phosphoric ester groups is 1. The van der Waals surface area contributed by atoms with Crippen LogP contribution >= 0.6 is 19.4 Å². The Kier molecular flexibility index (Phi) is 7.90. The van der Waals surface area contributed by atoms with Gasteiger partial charge in [-0.1, -0.05) is 23.7 Å². The fraction of sp³-hybridized carbons (Fsp3) is 0.556. The molecule has 4 saturated heterocycles. The third-order valence-electron chi connectivity index (χ3n) is 8.07. The van der Waals surface area contributed by atoms with Crippen molar-refractivity contribution in [1.82, 2.24) is 19.5 Å². The summed E-state index contributed by atoms with van der Waals surface area (Å²) in [5.41, 5.74) is 5.99. The number of nitrogens with two attached hydrogens (primary N) is 1. The molecular weight excluding hydrogens is 621 g/mol. The van der Waals surface area contributed by atoms with Gasteiger partial charge in [0, 0.05) is 18.1 Å². The monoisotopic (exact) mass is 651 g/mol. The molecule has 1 aromatic carbocycles. The van der Waals surface area contributed by atoms with Gasteiger partial charge in [-0.25, -0.2) is 14.3 Å². The number of imidazole rings is 1. The van der Waals surface area contributed by atoms with Crippen molar-refractivity contribution in [2.75, 3.05) is 32.2 Å². The lowest BCUT2D eigenvalue weighted by Gasteiger charge is -2.30. The number of carbonyl (C=O) groups is 1. The van der Waals surface area contributed by atoms with Crippen LogP contribution in [0.4, 0.5) is 10.7 Å². The molecule has 17 heteroatoms. The minimum atomic E-state index is -4.02. The van der Waals surface area contributed by atoms with Crippen LogP contribution in [0.2, 0.25) is 5.02 Å². The number of anilines is 1. The van der Waals surface area contributed by atoms with Gasteiger partial charge < -0.3 is 29.4 Å². The fourth-order valence-corrected chi connectivity index (χ4v) is 7.55. The molecule has 15 nitrogen and oxygen atoms in total. The summed E-state index contributed by atoms with van der Waals surface area (Å²) in [5.74, 6) is 0.155. The van der Waals surface area contributed by atoms with Crippen molar-refractivity contribution in [3.63, 3.8) is 0 Å². The van der Waals surface area contributed by atoms with Gasteiger partial charge in [-0.3, -0.25) is 18.1 Å². The number of ether oxygens (including phenoxy) is 5. The zero-order valence-electron chi connectivity index (χ0n) is 23.7. The molecule has 44 heavy (non-hydrogen) atoms. The first-order valence-corrected chi connectivity index (χ1v) is 16.2. The van der Waals surface area contributed by atoms with Gasteiger partial charge in [0.15, 0.2) is 29.1 Å². The minimum absolute atomic E-state index is 0.0195. The zero-order chi connectivity index (χ0) is 30.5. The fourth-order valence-electron chi connectivity index (χ4n) is 5.95. The molecule has 236 valence electrons. The first-order valence-electron chi connectivity index (χ1n) is 14.3. The third kappa shape index (κ3) is 5.62. The molecule has 7 atom stereocenters. The standard InChI is InChI=1S/C27H31ClN5O10P/c1-27-21(41-26(34)42-27)19(13-39-44(35)38-10-8-18(43-44)15-5-4-6-16(28)11-15)40-24(27)33-14-30-22-20(33)23(32-25(29)31-22)37-12-17-7-2-3-9-36-17/h4-6,11,14,17-19,21,24H,2-3,7-10,12-13H2,1H3,(H2,29,31,32)/t17?,18-,19+,21+,24+,27+,44+/m0/s1. The van der Waals surface area contributed by atoms with Crippen LogP contribution in [0, 0.1) is 0 Å². The Labute approximate surface area is 256 Å². The van der Waals surface area contributed by atoms with Gasteiger partial charge >= 0.3 is 14.0 Å². The largest absolute Gasteiger partial charge is 0.509 e. The molecular formula is C27H31ClN5O10P. The predicted molar refractivity (Wildman–Crippen MR) is 152 cm³/mol. The zero-order valence-corrected chi connectivity index (χ0v) is 25.4. The molecule has 0 aliphatic carbocycles. The van der Waals surface area contributed by atoms with Crippen LogP contribution in [0.25, 0.3) is 11.2 Å². The summed E-state index contributed by atoms with van der Waals surface area (Å²) in [4.78, 5) is 25.3. The van der Waals surface area contributed by atoms with Crippen molar-refractivity contribution in [1.29, 1.82) is 0 Å². The Hall–Kier alpha value is -3.04. The number of nitrogens with zero attached hydrogens (tertiary/aromatic N) is 4. The quantitative estimate of drug-likeness (QED) is 0.266. The van der Waals surface area contributed by atoms with Gasteiger partial charge in [0.25, 0.3) is 0 Å². The van der Waals surface area contributed by atoms with Gasteiger partial charge in [0.2, 0.25) is 11.8 Å². The van der Waals surface area contributed by atoms with Crippen LogP contribution < -0.4 is 10.5 Å². The number of aromatic nitrogens is 4. The SMILES string of the molecule is C[C@@]12OC(=O)O[C@@H]1[C@@H](CO[P@@]1(=O)OCC[C@@H](c3cccc(Cl)c3)O1)O[C@H]2n1cnc2nc(N)nc(OCC3CCCCO3)c21. The normalized spacial score (nSPS) is 33.6. The van der Waals surface area contributed by atoms with Crippen LogP contribution in [0.15, 0.2) is 30.6 Å². The maximum absolute atomic E-state index is 13.5. The van der Waals surface area contributed by atoms with Gasteiger partial charge in [-0.05, 0) is 43.9 Å². The number of phosphoric acid groups is 1. The molecule has 2 N–H and O–H groups in total. The second-order valence-electron chi connectivity index (χ2n) is 11.1. The summed E-state index contributed by atoms with van der Waals surface area (Å²) in [5, 5.41) is 0.525. The number of fused-ring (bicyclic) bond motifs is 2. The van der Waals surface area contributed by atoms with E-state index in [0.717, 1.165) is 24.8 Å². The Morgan fingerprint density at radius 2 is 2.09 bits per heavy atom. The van der Waals surface area contributed by atoms with E-state index in [9.17, 15) is 9.36 Å². The van der Waals surface area contributed by atoms with E-state index in [1.165, 1.54) is 6.33 Å². The average Bonchev–Trinajstić information content (AvgIpc) is 3.64. The predicted octanol–water partition coefficient (Wildman–Crippen LogP) is 4.50. The Morgan fingerprint density at radius 1 is 1.20 bits per heavy atom. The van der Waals surface area contributed by atoms with E-state index in [4.69, 9.17) is 54.6 Å². The summed E-state index contributed by atoms with van der Waals surface area (Å²) in [6, 6.07) is 7.08. The highest BCUT2D eigenvalue weighted by Crippen LogP contribution is 2.58. The lowest BCUT2D eigenvalue weighted by molar-refractivity contribution is -0.0925. The van der Waals surface area contributed by atoms with E-state index in [0.29, 0.717) is 23.6 Å². The molecule has 1 unspecified atom stereocenters. The summed E-state index contributed by atoms with van der Waals surface area (Å²) in [6.07, 6.45) is 0.473. The second kappa shape index (κ2) is 11.7. The number of hydrogen-bond donors (Lipinski definition) is 1. The number of halogens is 1. The average molecular weight is 652 g/mol. The number of rotatable bonds is 8. The maximum atomic E-state index is 13.5. The van der Waals surface area contributed by atoms with Crippen LogP contribution in [-0.4, -0.2) is 76.0 Å². The molecule has 2 aromatic heterocycles. The maximum Gasteiger partial charge on any atom is 0.509 e. The highest BCUT2D eigenvalue weighted by atomic mass is 35.5. The van der Waals surface area contributed by atoms with Crippen LogP contribution in [0.3, 0.4) is 0 Å². The molecule has 3 aromatic rings. The third-order valence-corrected chi connectivity index (χ3v) is 9.78. The summed E-state index contributed by atoms with van der Waals surface area (Å²) in [6.45, 7) is 2.43. The van der Waals surface area contributed by atoms with Gasteiger partial charge in [0.05, 0.1) is 25.4 Å². The van der Waals surface area contributed by atoms with E-state index in [1.54, 1.807) is 29.7 Å². The summed E-state index contributed by atoms with van der Waals surface area (Å²) < 4.78 is 61.4. The minimum Gasteiger partial charge on any atom is -0.473 e. The molecule has 0 bridgehead atoms. The lowest BCUT2D eigenvalue weighted by atomic mass is 9.96. The van der Waals surface area contributed by atoms with Crippen molar-refractivity contribution in [2.45, 2.75) is 68.9 Å². The van der Waals surface area contributed by atoms with E-state index in [-0.39, 0.29) is 43.4 Å². The molecule has 6 heterocycles. The first kappa shape index (κ1) is 29.7. The topological polar surface area (TPSA) is 178 Å². The van der Waals surface area contributed by atoms with Gasteiger partial charge in [-0.2, -0.15) is 9.97 Å². The molecule has 4 fully saturated rings. The smallest absolute Gasteiger partial charge is 0.473 e. The van der Waals surface area contributed by atoms with Crippen LogP contribution in [0.5, 0.6) is 5.88 Å². The van der Waals surface area contributed by atoms with Crippen LogP contribution in [0.1, 0.15) is 50.5 Å². The van der Waals surface area contributed by atoms with E-state index >= 15 is 0 Å². The van der Waals surface area contributed by atoms with E-state index in [2.05, 4.69) is 15.0 Å². The van der Waals surface area contributed by atoms with Crippen LogP contribution in [-0.2, 0) is 37.1 Å². The number of carbonyl (C=O) groups excluding carboxylic acids is 1. The van der Waals surface area contributed by atoms with Crippen molar-refractivity contribution in [2.24, 2.45) is 0 Å². The van der Waals surface area contributed by atoms with Gasteiger partial charge in [-0.15, -0.1) is 0 Å². The van der Waals surface area contributed by atoms with Gasteiger partial charge in [0.1, 0.15) is 19.0 Å². The number of hydrogen-bond acceptors (Lipinski definition) is 14. The molecule has 0 amide bonds. The Morgan fingerprint density at radius 3 is 2.91 bits per heavy atom. The van der Waals surface area contributed by atoms with E-state index in [1.807, 2.05) is 6.07 Å². The second-order valence-corrected chi connectivity index (χ2v) is 13.2. The molecule has 4 aliphatic rings. The van der Waals surface area contributed by atoms with Crippen molar-refractivity contribution >= 4 is 42.7 Å². The molecule has 0 saturated carbocycles. The lowest BCUT2D eigenvalue weighted by Crippen LogP contribution is -2.42. The Balaban J connectivity index is 1.12. The Bertz CT molecular complexity index is 1600. The van der Waals surface area contributed by atoms with Crippen molar-refractivity contribution in [3.8, 4) is 5.88 Å². The molecule has 4 aliphatic heterocycles. The summed E-state index contributed by atoms with van der Waals surface area (Å²) in [7, 11) is -4.02. The molecule has 0 radical (unpaired) electrons. The number of benzene rings is 1. The highest BCUT2D eigenvalue weighted by Gasteiger charge is 2.64. The first-order chi connectivity index (χ1) is 21.2. The highest BCUT2D eigenvalue weighted by molar-refractivity contribution is 7.48. The summed E-state index contributed by atoms with van der Waals surface area (Å²) >= 11 is 6.13.